The van der Waals surface area contributed by atoms with Crippen LogP contribution in [0.3, 0.4) is 0 Å². The monoisotopic (exact) mass is 424 g/mol. The number of amides is 1. The number of methoxy groups -OCH3 is 1. The van der Waals surface area contributed by atoms with Crippen LogP contribution in [0.2, 0.25) is 0 Å². The first-order chi connectivity index (χ1) is 14.9. The van der Waals surface area contributed by atoms with Crippen molar-refractivity contribution < 1.29 is 28.7 Å². The van der Waals surface area contributed by atoms with Crippen molar-refractivity contribution >= 4 is 17.6 Å². The SMILES string of the molecule is COC1C=CC(/C=C/C(=O)Nc2ccccc2C(=O)O)=CC1OCc1c(C)noc1C. The first-order valence-electron chi connectivity index (χ1n) is 9.66. The number of carboxylic acids is 1. The van der Waals surface area contributed by atoms with Crippen molar-refractivity contribution in [3.05, 3.63) is 82.8 Å². The predicted octanol–water partition coefficient (Wildman–Crippen LogP) is 3.58. The van der Waals surface area contributed by atoms with Crippen molar-refractivity contribution in [3.63, 3.8) is 0 Å². The number of nitrogens with one attached hydrogen (secondary N) is 1. The Morgan fingerprint density at radius 1 is 1.26 bits per heavy atom. The van der Waals surface area contributed by atoms with Crippen LogP contribution in [0.4, 0.5) is 5.69 Å². The highest BCUT2D eigenvalue weighted by Crippen LogP contribution is 2.21. The number of rotatable bonds is 8. The Balaban J connectivity index is 1.67. The number of carbonyl (C=O) groups excluding carboxylic acids is 1. The highest BCUT2D eigenvalue weighted by molar-refractivity contribution is 6.04. The molecule has 1 aliphatic carbocycles. The zero-order chi connectivity index (χ0) is 22.4. The fourth-order valence-electron chi connectivity index (χ4n) is 3.13. The van der Waals surface area contributed by atoms with Crippen LogP contribution in [-0.2, 0) is 20.9 Å². The van der Waals surface area contributed by atoms with Gasteiger partial charge in [0.2, 0.25) is 5.91 Å². The van der Waals surface area contributed by atoms with Crippen LogP contribution in [0, 0.1) is 13.8 Å². The van der Waals surface area contributed by atoms with Crippen LogP contribution in [0.1, 0.15) is 27.4 Å². The second kappa shape index (κ2) is 10.0. The molecule has 0 saturated heterocycles. The van der Waals surface area contributed by atoms with Crippen LogP contribution in [0.15, 0.2) is 64.7 Å². The third-order valence-electron chi connectivity index (χ3n) is 4.87. The molecule has 162 valence electrons. The summed E-state index contributed by atoms with van der Waals surface area (Å²) in [7, 11) is 1.60. The minimum absolute atomic E-state index is 0.0248. The van der Waals surface area contributed by atoms with Gasteiger partial charge in [-0.25, -0.2) is 4.79 Å². The van der Waals surface area contributed by atoms with Crippen LogP contribution >= 0.6 is 0 Å². The Kier molecular flexibility index (Phi) is 7.17. The maximum absolute atomic E-state index is 12.3. The average Bonchev–Trinajstić information content (AvgIpc) is 3.08. The maximum Gasteiger partial charge on any atom is 0.337 e. The molecule has 1 aliphatic rings. The number of aromatic carboxylic acids is 1. The first-order valence-corrected chi connectivity index (χ1v) is 9.66. The summed E-state index contributed by atoms with van der Waals surface area (Å²) in [5.41, 5.74) is 2.69. The molecule has 1 aromatic heterocycles. The lowest BCUT2D eigenvalue weighted by molar-refractivity contribution is -0.111. The minimum atomic E-state index is -1.11. The molecule has 2 atom stereocenters. The molecule has 2 aromatic rings. The fraction of sp³-hybridized carbons (Fsp3) is 0.261. The van der Waals surface area contributed by atoms with Crippen molar-refractivity contribution in [3.8, 4) is 0 Å². The molecule has 31 heavy (non-hydrogen) atoms. The quantitative estimate of drug-likeness (QED) is 0.623. The number of aromatic nitrogens is 1. The Morgan fingerprint density at radius 3 is 2.71 bits per heavy atom. The van der Waals surface area contributed by atoms with Gasteiger partial charge in [-0.3, -0.25) is 4.79 Å². The molecule has 1 heterocycles. The molecule has 0 aliphatic heterocycles. The Hall–Kier alpha value is -3.49. The molecule has 0 bridgehead atoms. The number of para-hydroxylation sites is 1. The number of carbonyl (C=O) groups is 2. The van der Waals surface area contributed by atoms with E-state index in [9.17, 15) is 14.7 Å². The van der Waals surface area contributed by atoms with Gasteiger partial charge in [-0.2, -0.15) is 0 Å². The zero-order valence-electron chi connectivity index (χ0n) is 17.5. The summed E-state index contributed by atoms with van der Waals surface area (Å²) in [4.78, 5) is 23.5. The number of hydrogen-bond donors (Lipinski definition) is 2. The Morgan fingerprint density at radius 2 is 2.03 bits per heavy atom. The molecule has 0 radical (unpaired) electrons. The molecule has 8 nitrogen and oxygen atoms in total. The second-order valence-electron chi connectivity index (χ2n) is 6.98. The number of anilines is 1. The molecule has 0 spiro atoms. The van der Waals surface area contributed by atoms with Crippen LogP contribution < -0.4 is 5.32 Å². The number of hydrogen-bond acceptors (Lipinski definition) is 6. The second-order valence-corrected chi connectivity index (χ2v) is 6.98. The average molecular weight is 424 g/mol. The third-order valence-corrected chi connectivity index (χ3v) is 4.87. The van der Waals surface area contributed by atoms with Gasteiger partial charge in [0.05, 0.1) is 23.6 Å². The topological polar surface area (TPSA) is 111 Å². The Bertz CT molecular complexity index is 1030. The van der Waals surface area contributed by atoms with Crippen LogP contribution in [0.5, 0.6) is 0 Å². The van der Waals surface area contributed by atoms with E-state index in [1.807, 2.05) is 32.1 Å². The van der Waals surface area contributed by atoms with Crippen LogP contribution in [-0.4, -0.2) is 41.5 Å². The summed E-state index contributed by atoms with van der Waals surface area (Å²) in [6.45, 7) is 4.01. The van der Waals surface area contributed by atoms with E-state index in [0.717, 1.165) is 16.8 Å². The van der Waals surface area contributed by atoms with E-state index in [-0.39, 0.29) is 23.5 Å². The maximum atomic E-state index is 12.3. The van der Waals surface area contributed by atoms with Gasteiger partial charge >= 0.3 is 5.97 Å². The van der Waals surface area contributed by atoms with Gasteiger partial charge in [-0.15, -0.1) is 0 Å². The molecule has 8 heteroatoms. The molecular weight excluding hydrogens is 400 g/mol. The fourth-order valence-corrected chi connectivity index (χ4v) is 3.13. The van der Waals surface area contributed by atoms with E-state index in [1.54, 1.807) is 25.3 Å². The molecule has 1 aromatic carbocycles. The number of aryl methyl sites for hydroxylation is 2. The van der Waals surface area contributed by atoms with Gasteiger partial charge in [0.25, 0.3) is 0 Å². The van der Waals surface area contributed by atoms with E-state index in [2.05, 4.69) is 10.5 Å². The van der Waals surface area contributed by atoms with Crippen molar-refractivity contribution in [2.45, 2.75) is 32.7 Å². The van der Waals surface area contributed by atoms with Crippen molar-refractivity contribution in [2.24, 2.45) is 0 Å². The van der Waals surface area contributed by atoms with E-state index in [0.29, 0.717) is 12.4 Å². The largest absolute Gasteiger partial charge is 0.478 e. The van der Waals surface area contributed by atoms with Gasteiger partial charge < -0.3 is 24.4 Å². The first kappa shape index (κ1) is 22.2. The van der Waals surface area contributed by atoms with Crippen LogP contribution in [0.25, 0.3) is 0 Å². The van der Waals surface area contributed by atoms with Crippen molar-refractivity contribution in [1.82, 2.24) is 5.16 Å². The normalized spacial score (nSPS) is 18.2. The van der Waals surface area contributed by atoms with Gasteiger partial charge in [-0.1, -0.05) is 29.4 Å². The summed E-state index contributed by atoms with van der Waals surface area (Å²) in [5, 5.41) is 15.7. The molecule has 2 N–H and O–H groups in total. The lowest BCUT2D eigenvalue weighted by Gasteiger charge is -2.24. The van der Waals surface area contributed by atoms with E-state index >= 15 is 0 Å². The molecule has 1 amide bonds. The van der Waals surface area contributed by atoms with E-state index < -0.39 is 11.9 Å². The highest BCUT2D eigenvalue weighted by Gasteiger charge is 2.22. The van der Waals surface area contributed by atoms with E-state index in [4.69, 9.17) is 14.0 Å². The summed E-state index contributed by atoms with van der Waals surface area (Å²) in [6.07, 6.45) is 7.89. The summed E-state index contributed by atoms with van der Waals surface area (Å²) in [6, 6.07) is 6.22. The smallest absolute Gasteiger partial charge is 0.337 e. The number of carboxylic acid groups (broad SMARTS) is 1. The van der Waals surface area contributed by atoms with Crippen molar-refractivity contribution in [2.75, 3.05) is 12.4 Å². The lowest BCUT2D eigenvalue weighted by Crippen LogP contribution is -2.29. The third kappa shape index (κ3) is 5.56. The summed E-state index contributed by atoms with van der Waals surface area (Å²) >= 11 is 0. The summed E-state index contributed by atoms with van der Waals surface area (Å²) in [5.74, 6) is -0.841. The molecule has 0 fully saturated rings. The number of allylic oxidation sites excluding steroid dienone is 3. The highest BCUT2D eigenvalue weighted by atomic mass is 16.5. The zero-order valence-corrected chi connectivity index (χ0v) is 17.5. The minimum Gasteiger partial charge on any atom is -0.478 e. The number of nitrogens with zero attached hydrogens (tertiary/aromatic N) is 1. The van der Waals surface area contributed by atoms with E-state index in [1.165, 1.54) is 18.2 Å². The molecule has 3 rings (SSSR count). The predicted molar refractivity (Wildman–Crippen MR) is 114 cm³/mol. The molecule has 0 saturated carbocycles. The van der Waals surface area contributed by atoms with Gasteiger partial charge in [-0.05, 0) is 43.7 Å². The van der Waals surface area contributed by atoms with Gasteiger partial charge in [0.1, 0.15) is 18.0 Å². The lowest BCUT2D eigenvalue weighted by atomic mass is 10.0. The van der Waals surface area contributed by atoms with Gasteiger partial charge in [0, 0.05) is 18.7 Å². The molecule has 2 unspecified atom stereocenters. The number of benzene rings is 1. The molecular formula is C23H24N2O6. The number of ether oxygens (including phenoxy) is 2. The van der Waals surface area contributed by atoms with Crippen molar-refractivity contribution in [1.29, 1.82) is 0 Å². The summed E-state index contributed by atoms with van der Waals surface area (Å²) < 4.78 is 16.6. The van der Waals surface area contributed by atoms with Gasteiger partial charge in [0.15, 0.2) is 0 Å². The standard InChI is InChI=1S/C23H24N2O6/c1-14-18(15(2)31-25-14)13-30-21-12-16(8-10-20(21)29-3)9-11-22(26)24-19-7-5-4-6-17(19)23(27)28/h4-12,20-21H,13H2,1-3H3,(H,24,26)(H,27,28)/b11-9+. The Labute approximate surface area is 179 Å².